The molecular weight excluding hydrogens is 720 g/mol. The zero-order valence-corrected chi connectivity index (χ0v) is 30.6. The quantitative estimate of drug-likeness (QED) is 0.169. The number of rotatable bonds is 14. The van der Waals surface area contributed by atoms with E-state index in [0.717, 1.165) is 42.4 Å². The second kappa shape index (κ2) is 15.7. The average molecular weight is 765 g/mol. The molecule has 51 heavy (non-hydrogen) atoms. The summed E-state index contributed by atoms with van der Waals surface area (Å²) < 4.78 is 34.9. The van der Waals surface area contributed by atoms with Crippen LogP contribution in [-0.2, 0) is 27.3 Å². The smallest absolute Gasteiger partial charge is 0.309 e. The van der Waals surface area contributed by atoms with Crippen LogP contribution >= 0.6 is 15.9 Å². The van der Waals surface area contributed by atoms with Gasteiger partial charge in [-0.2, -0.15) is 0 Å². The van der Waals surface area contributed by atoms with Gasteiger partial charge >= 0.3 is 5.97 Å². The lowest BCUT2D eigenvalue weighted by Gasteiger charge is -2.45. The fourth-order valence-corrected chi connectivity index (χ4v) is 7.25. The first kappa shape index (κ1) is 36.7. The van der Waals surface area contributed by atoms with E-state index in [9.17, 15) is 28.3 Å². The number of nitrogens with one attached hydrogen (secondary N) is 1. The Morgan fingerprint density at radius 1 is 1.04 bits per heavy atom. The molecule has 2 bridgehead atoms. The molecule has 6 rings (SSSR count). The molecule has 2 fully saturated rings. The summed E-state index contributed by atoms with van der Waals surface area (Å²) in [5.41, 5.74) is 2.99. The minimum atomic E-state index is -1.02. The molecule has 2 N–H and O–H groups in total. The Morgan fingerprint density at radius 3 is 2.49 bits per heavy atom. The number of halogens is 3. The summed E-state index contributed by atoms with van der Waals surface area (Å²) in [5.74, 6) is -1.47. The number of fused-ring (bicyclic) bond motifs is 2. The van der Waals surface area contributed by atoms with Crippen LogP contribution in [0.1, 0.15) is 69.1 Å². The van der Waals surface area contributed by atoms with Gasteiger partial charge in [0.2, 0.25) is 5.91 Å². The van der Waals surface area contributed by atoms with Crippen LogP contribution in [-0.4, -0.2) is 70.5 Å². The van der Waals surface area contributed by atoms with Crippen LogP contribution < -0.4 is 10.1 Å². The highest BCUT2D eigenvalue weighted by Crippen LogP contribution is 2.38. The number of carbonyl (C=O) groups is 3. The summed E-state index contributed by atoms with van der Waals surface area (Å²) in [6.07, 6.45) is 4.01. The van der Waals surface area contributed by atoms with Crippen molar-refractivity contribution in [2.45, 2.75) is 83.5 Å². The molecule has 1 saturated heterocycles. The number of piperazine rings is 1. The van der Waals surface area contributed by atoms with E-state index in [2.05, 4.69) is 33.4 Å². The van der Waals surface area contributed by atoms with Gasteiger partial charge in [-0.1, -0.05) is 42.5 Å². The molecule has 2 unspecified atom stereocenters. The topological polar surface area (TPSA) is 99.2 Å². The summed E-state index contributed by atoms with van der Waals surface area (Å²) in [6.45, 7) is 4.55. The number of amides is 2. The molecule has 0 radical (unpaired) electrons. The van der Waals surface area contributed by atoms with Gasteiger partial charge in [-0.15, -0.1) is 0 Å². The number of hydrogen-bond acceptors (Lipinski definition) is 5. The summed E-state index contributed by atoms with van der Waals surface area (Å²) in [4.78, 5) is 43.3. The Kier molecular flexibility index (Phi) is 11.3. The molecule has 0 spiro atoms. The van der Waals surface area contributed by atoms with Crippen molar-refractivity contribution in [2.75, 3.05) is 19.7 Å². The van der Waals surface area contributed by atoms with Gasteiger partial charge in [0.05, 0.1) is 22.5 Å². The highest BCUT2D eigenvalue weighted by molar-refractivity contribution is 9.10. The molecule has 3 aromatic carbocycles. The molecular formula is C40H44BrF2N3O5. The van der Waals surface area contributed by atoms with Crippen LogP contribution in [0.5, 0.6) is 5.75 Å². The van der Waals surface area contributed by atoms with Crippen molar-refractivity contribution >= 4 is 39.3 Å². The van der Waals surface area contributed by atoms with Gasteiger partial charge in [-0.05, 0) is 103 Å². The maximum atomic E-state index is 14.8. The number of hydrogen-bond donors (Lipinski definition) is 2. The maximum absolute atomic E-state index is 14.8. The largest absolute Gasteiger partial charge is 0.492 e. The maximum Gasteiger partial charge on any atom is 0.309 e. The van der Waals surface area contributed by atoms with E-state index in [4.69, 9.17) is 4.74 Å². The third kappa shape index (κ3) is 8.87. The number of aryl methyl sites for hydroxylation is 1. The third-order valence-corrected chi connectivity index (χ3v) is 10.8. The number of ether oxygens (including phenoxy) is 1. The molecule has 2 heterocycles. The number of nitrogens with zero attached hydrogens (tertiary/aromatic N) is 2. The Hall–Kier alpha value is -4.09. The predicted molar refractivity (Wildman–Crippen MR) is 194 cm³/mol. The highest BCUT2D eigenvalue weighted by Gasteiger charge is 2.43. The SMILES string of the molecule is CC(C)(CCC(=O)N1CC2CC(c3ccc(CCCOc4cc(F)ccc4Br)cc3)=C(C(=O)N(Cc3ccccc3F)C3CC3)C(C1)N2)C(=O)O. The predicted octanol–water partition coefficient (Wildman–Crippen LogP) is 7.15. The van der Waals surface area contributed by atoms with E-state index < -0.39 is 17.4 Å². The van der Waals surface area contributed by atoms with Crippen molar-refractivity contribution in [3.8, 4) is 5.75 Å². The molecule has 2 atom stereocenters. The number of carboxylic acids is 1. The van der Waals surface area contributed by atoms with E-state index in [-0.39, 0.29) is 61.5 Å². The first-order valence-electron chi connectivity index (χ1n) is 17.6. The fourth-order valence-electron chi connectivity index (χ4n) is 6.89. The lowest BCUT2D eigenvalue weighted by Crippen LogP contribution is -2.62. The molecule has 3 aromatic rings. The van der Waals surface area contributed by atoms with E-state index in [1.165, 1.54) is 18.2 Å². The van der Waals surface area contributed by atoms with E-state index in [1.807, 2.05) is 12.1 Å². The second-order valence-electron chi connectivity index (χ2n) is 14.5. The minimum absolute atomic E-state index is 0.0146. The van der Waals surface area contributed by atoms with Gasteiger partial charge in [0.1, 0.15) is 17.4 Å². The Morgan fingerprint density at radius 2 is 1.78 bits per heavy atom. The number of carboxylic acid groups (broad SMARTS) is 1. The molecule has 11 heteroatoms. The lowest BCUT2D eigenvalue weighted by molar-refractivity contribution is -0.148. The third-order valence-electron chi connectivity index (χ3n) is 10.1. The summed E-state index contributed by atoms with van der Waals surface area (Å²) >= 11 is 3.39. The van der Waals surface area contributed by atoms with Crippen molar-refractivity contribution in [2.24, 2.45) is 5.41 Å². The normalized spacial score (nSPS) is 18.8. The summed E-state index contributed by atoms with van der Waals surface area (Å²) in [5, 5.41) is 13.2. The van der Waals surface area contributed by atoms with E-state index in [0.29, 0.717) is 40.9 Å². The van der Waals surface area contributed by atoms with Gasteiger partial charge in [0.25, 0.3) is 5.91 Å². The minimum Gasteiger partial charge on any atom is -0.492 e. The van der Waals surface area contributed by atoms with Crippen molar-refractivity contribution < 1.29 is 33.0 Å². The van der Waals surface area contributed by atoms with Crippen molar-refractivity contribution in [3.63, 3.8) is 0 Å². The van der Waals surface area contributed by atoms with Gasteiger partial charge < -0.3 is 25.0 Å². The van der Waals surface area contributed by atoms with Crippen LogP contribution in [0.25, 0.3) is 5.57 Å². The fraction of sp³-hybridized carbons (Fsp3) is 0.425. The zero-order chi connectivity index (χ0) is 36.3. The van der Waals surface area contributed by atoms with Crippen LogP contribution in [0.2, 0.25) is 0 Å². The van der Waals surface area contributed by atoms with E-state index >= 15 is 0 Å². The van der Waals surface area contributed by atoms with Crippen LogP contribution in [0.3, 0.4) is 0 Å². The lowest BCUT2D eigenvalue weighted by atomic mass is 9.82. The first-order valence-corrected chi connectivity index (χ1v) is 18.4. The average Bonchev–Trinajstić information content (AvgIpc) is 3.95. The van der Waals surface area contributed by atoms with Crippen molar-refractivity contribution in [1.29, 1.82) is 0 Å². The van der Waals surface area contributed by atoms with Crippen LogP contribution in [0, 0.1) is 17.0 Å². The zero-order valence-electron chi connectivity index (χ0n) is 29.0. The second-order valence-corrected chi connectivity index (χ2v) is 15.3. The standard InChI is InChI=1S/C40H44BrF2N3O5/c1-40(2,39(49)50)18-17-36(47)45-23-29-21-31(26-11-9-25(10-12-26)6-5-19-51-35-20-28(42)13-16-32(35)41)37(34(24-45)44-29)38(48)46(30-14-15-30)22-27-7-3-4-8-33(27)43/h3-4,7-13,16,20,29-30,34,44H,5-6,14-15,17-19,21-24H2,1-2H3,(H,49,50). The molecule has 0 aromatic heterocycles. The van der Waals surface area contributed by atoms with Crippen LogP contribution in [0.4, 0.5) is 8.78 Å². The molecule has 1 saturated carbocycles. The van der Waals surface area contributed by atoms with Crippen molar-refractivity contribution in [3.05, 3.63) is 105 Å². The van der Waals surface area contributed by atoms with Gasteiger partial charge in [-0.3, -0.25) is 14.4 Å². The van der Waals surface area contributed by atoms with Gasteiger partial charge in [0, 0.05) is 55.3 Å². The summed E-state index contributed by atoms with van der Waals surface area (Å²) in [7, 11) is 0. The Bertz CT molecular complexity index is 1810. The number of aliphatic carboxylic acids is 1. The molecule has 270 valence electrons. The summed E-state index contributed by atoms with van der Waals surface area (Å²) in [6, 6.07) is 18.6. The van der Waals surface area contributed by atoms with Crippen LogP contribution in [0.15, 0.2) is 76.8 Å². The molecule has 8 nitrogen and oxygen atoms in total. The number of carbonyl (C=O) groups excluding carboxylic acids is 2. The van der Waals surface area contributed by atoms with E-state index in [1.54, 1.807) is 47.9 Å². The highest BCUT2D eigenvalue weighted by atomic mass is 79.9. The molecule has 2 aliphatic heterocycles. The monoisotopic (exact) mass is 763 g/mol. The Balaban J connectivity index is 1.23. The van der Waals surface area contributed by atoms with Crippen molar-refractivity contribution in [1.82, 2.24) is 15.1 Å². The van der Waals surface area contributed by atoms with Gasteiger partial charge in [-0.25, -0.2) is 8.78 Å². The first-order chi connectivity index (χ1) is 24.4. The number of benzene rings is 3. The molecule has 2 amide bonds. The van der Waals surface area contributed by atoms with Gasteiger partial charge in [0.15, 0.2) is 0 Å². The Labute approximate surface area is 306 Å². The molecule has 3 aliphatic rings. The molecule has 1 aliphatic carbocycles.